The normalized spacial score (nSPS) is 12.1. The van der Waals surface area contributed by atoms with Crippen LogP contribution in [-0.4, -0.2) is 0 Å². The summed E-state index contributed by atoms with van der Waals surface area (Å²) in [6.07, 6.45) is 0. The van der Waals surface area contributed by atoms with Gasteiger partial charge in [0.25, 0.3) is 0 Å². The first-order chi connectivity index (χ1) is 37.4. The molecule has 0 spiro atoms. The van der Waals surface area contributed by atoms with Gasteiger partial charge in [0.2, 0.25) is 0 Å². The number of para-hydroxylation sites is 3. The quantitative estimate of drug-likeness (QED) is 0.140. The number of rotatable bonds is 8. The molecule has 15 rings (SSSR count). The summed E-state index contributed by atoms with van der Waals surface area (Å²) in [7, 11) is 0. The summed E-state index contributed by atoms with van der Waals surface area (Å²) in [5.74, 6) is 0. The summed E-state index contributed by atoms with van der Waals surface area (Å²) >= 11 is 0. The monoisotopic (exact) mass is 968 g/mol. The molecular formula is C74H52N2. The van der Waals surface area contributed by atoms with Gasteiger partial charge in [-0.3, -0.25) is 0 Å². The van der Waals surface area contributed by atoms with E-state index in [2.05, 4.69) is 291 Å². The average molecular weight is 969 g/mol. The molecule has 13 aromatic rings. The second kappa shape index (κ2) is 17.0. The van der Waals surface area contributed by atoms with Crippen molar-refractivity contribution in [3.05, 3.63) is 266 Å². The molecule has 0 aromatic heterocycles. The van der Waals surface area contributed by atoms with E-state index in [0.717, 1.165) is 34.1 Å². The van der Waals surface area contributed by atoms with Crippen LogP contribution in [0.15, 0.2) is 261 Å². The van der Waals surface area contributed by atoms with Crippen molar-refractivity contribution in [3.8, 4) is 66.8 Å². The highest BCUT2D eigenvalue weighted by atomic mass is 15.1. The van der Waals surface area contributed by atoms with Crippen LogP contribution in [0.1, 0.15) is 26.3 Å². The Morgan fingerprint density at radius 2 is 0.539 bits per heavy atom. The fraction of sp³-hybridized carbons (Fsp3) is 0.0541. The van der Waals surface area contributed by atoms with Crippen molar-refractivity contribution in [2.45, 2.75) is 26.2 Å². The molecule has 2 heteroatoms. The maximum atomic E-state index is 2.49. The van der Waals surface area contributed by atoms with E-state index in [9.17, 15) is 0 Å². The van der Waals surface area contributed by atoms with E-state index in [1.165, 1.54) is 115 Å². The molecule has 0 fully saturated rings. The molecule has 0 N–H and O–H groups in total. The molecule has 0 atom stereocenters. The molecule has 13 aromatic carbocycles. The van der Waals surface area contributed by atoms with E-state index in [-0.39, 0.29) is 5.41 Å². The molecule has 2 aliphatic rings. The first-order valence-electron chi connectivity index (χ1n) is 26.6. The van der Waals surface area contributed by atoms with Crippen molar-refractivity contribution in [2.24, 2.45) is 0 Å². The zero-order valence-electron chi connectivity index (χ0n) is 42.7. The second-order valence-electron chi connectivity index (χ2n) is 21.6. The van der Waals surface area contributed by atoms with Crippen LogP contribution in [0.2, 0.25) is 0 Å². The molecule has 0 radical (unpaired) electrons. The van der Waals surface area contributed by atoms with Gasteiger partial charge in [0.1, 0.15) is 0 Å². The predicted octanol–water partition coefficient (Wildman–Crippen LogP) is 21.2. The summed E-state index contributed by atoms with van der Waals surface area (Å²) in [5, 5.41) is 9.95. The summed E-state index contributed by atoms with van der Waals surface area (Å²) in [5.41, 5.74) is 23.2. The van der Waals surface area contributed by atoms with Gasteiger partial charge in [-0.1, -0.05) is 209 Å². The van der Waals surface area contributed by atoms with Crippen LogP contribution in [0.5, 0.6) is 0 Å². The molecule has 0 amide bonds. The lowest BCUT2D eigenvalue weighted by molar-refractivity contribution is 0.590. The van der Waals surface area contributed by atoms with E-state index in [4.69, 9.17) is 0 Å². The zero-order valence-corrected chi connectivity index (χ0v) is 42.7. The van der Waals surface area contributed by atoms with Gasteiger partial charge in [0.15, 0.2) is 0 Å². The Kier molecular flexibility index (Phi) is 9.86. The van der Waals surface area contributed by atoms with Crippen LogP contribution in [0, 0.1) is 0 Å². The van der Waals surface area contributed by atoms with Gasteiger partial charge in [-0.05, 0) is 194 Å². The molecule has 0 saturated carbocycles. The summed E-state index contributed by atoms with van der Waals surface area (Å²) in [6, 6.07) is 97.4. The minimum atomic E-state index is 0.0247. The number of fused-ring (bicyclic) bond motifs is 8. The van der Waals surface area contributed by atoms with Crippen molar-refractivity contribution in [1.82, 2.24) is 0 Å². The first kappa shape index (κ1) is 44.0. The molecule has 76 heavy (non-hydrogen) atoms. The Morgan fingerprint density at radius 1 is 0.224 bits per heavy atom. The molecule has 2 nitrogen and oxygen atoms in total. The topological polar surface area (TPSA) is 6.48 Å². The molecular weight excluding hydrogens is 917 g/mol. The lowest BCUT2D eigenvalue weighted by Crippen LogP contribution is -2.13. The third-order valence-electron chi connectivity index (χ3n) is 16.3. The fourth-order valence-corrected chi connectivity index (χ4v) is 12.9. The van der Waals surface area contributed by atoms with Crippen molar-refractivity contribution >= 4 is 77.2 Å². The largest absolute Gasteiger partial charge is 0.310 e. The van der Waals surface area contributed by atoms with Crippen molar-refractivity contribution < 1.29 is 0 Å². The molecule has 0 unspecified atom stereocenters. The third-order valence-corrected chi connectivity index (χ3v) is 16.3. The number of anilines is 6. The third kappa shape index (κ3) is 6.74. The fourth-order valence-electron chi connectivity index (χ4n) is 12.9. The maximum Gasteiger partial charge on any atom is 0.0468 e. The van der Waals surface area contributed by atoms with E-state index < -0.39 is 0 Å². The lowest BCUT2D eigenvalue weighted by Gasteiger charge is -2.29. The average Bonchev–Trinajstić information content (AvgIpc) is 4.05. The van der Waals surface area contributed by atoms with Gasteiger partial charge in [0.05, 0.1) is 0 Å². The van der Waals surface area contributed by atoms with Crippen LogP contribution < -0.4 is 9.80 Å². The van der Waals surface area contributed by atoms with Crippen molar-refractivity contribution in [3.63, 3.8) is 0 Å². The van der Waals surface area contributed by atoms with Crippen molar-refractivity contribution in [1.29, 1.82) is 0 Å². The van der Waals surface area contributed by atoms with Gasteiger partial charge in [-0.25, -0.2) is 0 Å². The number of hydrogen-bond acceptors (Lipinski definition) is 2. The highest BCUT2D eigenvalue weighted by Crippen LogP contribution is 2.56. The van der Waals surface area contributed by atoms with Gasteiger partial charge in [-0.2, -0.15) is 0 Å². The Hall–Kier alpha value is -9.50. The van der Waals surface area contributed by atoms with Gasteiger partial charge in [-0.15, -0.1) is 0 Å². The number of benzene rings is 13. The molecule has 358 valence electrons. The van der Waals surface area contributed by atoms with Crippen LogP contribution in [0.3, 0.4) is 0 Å². The Morgan fingerprint density at radius 3 is 0.921 bits per heavy atom. The molecule has 2 aliphatic carbocycles. The van der Waals surface area contributed by atoms with Crippen LogP contribution in [0.4, 0.5) is 34.1 Å². The summed E-state index contributed by atoms with van der Waals surface area (Å²) < 4.78 is 0. The molecule has 0 heterocycles. The summed E-state index contributed by atoms with van der Waals surface area (Å²) in [6.45, 7) is 6.86. The molecule has 0 bridgehead atoms. The van der Waals surface area contributed by atoms with Crippen LogP contribution in [-0.2, 0) is 5.41 Å². The smallest absolute Gasteiger partial charge is 0.0468 e. The second-order valence-corrected chi connectivity index (χ2v) is 21.6. The number of hydrogen-bond donors (Lipinski definition) is 0. The van der Waals surface area contributed by atoms with E-state index in [1.54, 1.807) is 0 Å². The van der Waals surface area contributed by atoms with Crippen molar-refractivity contribution in [2.75, 3.05) is 9.80 Å². The molecule has 0 aliphatic heterocycles. The van der Waals surface area contributed by atoms with E-state index in [0.29, 0.717) is 0 Å². The molecule has 0 saturated heterocycles. The SMILES string of the molecule is CC(C)(C)c1ccc(N(c2ccccc2)c2ccc3c(-c4ccc5c6c(cccc46)-c4ccccc4-5)c4cc(N(c5ccccc5)c5ccccc5)ccc4c(-c4ccc5c6c(cccc46)-c4ccccc4-5)c3c2)cc1. The van der Waals surface area contributed by atoms with Gasteiger partial charge >= 0.3 is 0 Å². The first-order valence-corrected chi connectivity index (χ1v) is 26.6. The minimum absolute atomic E-state index is 0.0247. The summed E-state index contributed by atoms with van der Waals surface area (Å²) in [4.78, 5) is 4.83. The van der Waals surface area contributed by atoms with Crippen LogP contribution >= 0.6 is 0 Å². The predicted molar refractivity (Wildman–Crippen MR) is 324 cm³/mol. The Labute approximate surface area is 444 Å². The van der Waals surface area contributed by atoms with Crippen LogP contribution in [0.25, 0.3) is 110 Å². The Balaban J connectivity index is 1.09. The number of nitrogens with zero attached hydrogens (tertiary/aromatic N) is 2. The standard InChI is InChI=1S/C74H52N2/c1-74(2,3)47-33-35-51(36-34-47)76(50-23-11-6-12-24-50)53-38-40-67-69(46-53)73(65-44-42-63-57-28-16-14-26-55(57)59-30-18-32-61(65)71(59)63)66-39-37-52(75(48-19-7-4-8-20-48)49-21-9-5-10-22-49)45-68(66)72(67)64-43-41-62-56-27-15-13-25-54(56)58-29-17-31-60(64)70(58)62/h4-46H,1-3H3. The Bertz CT molecular complexity index is 4370. The van der Waals surface area contributed by atoms with Gasteiger partial charge in [0, 0.05) is 34.1 Å². The van der Waals surface area contributed by atoms with E-state index >= 15 is 0 Å². The lowest BCUT2D eigenvalue weighted by atomic mass is 9.82. The van der Waals surface area contributed by atoms with Gasteiger partial charge < -0.3 is 9.80 Å². The maximum absolute atomic E-state index is 2.49. The zero-order chi connectivity index (χ0) is 50.6. The highest BCUT2D eigenvalue weighted by Gasteiger charge is 2.29. The highest BCUT2D eigenvalue weighted by molar-refractivity contribution is 6.30. The minimum Gasteiger partial charge on any atom is -0.310 e. The van der Waals surface area contributed by atoms with E-state index in [1.807, 2.05) is 0 Å².